The standard InChI is InChI=1S/C13H17BrN2O2/c1-8-6-16(7-9(2)18-8)13(17)11-5-10(15)3-4-12(11)14/h3-5,8-9H,6-7,15H2,1-2H3/t8-,9+. The molecule has 2 N–H and O–H groups in total. The highest BCUT2D eigenvalue weighted by atomic mass is 79.9. The molecule has 1 heterocycles. The van der Waals surface area contributed by atoms with Crippen LogP contribution in [0, 0.1) is 0 Å². The number of nitrogens with zero attached hydrogens (tertiary/aromatic N) is 1. The molecule has 0 bridgehead atoms. The largest absolute Gasteiger partial charge is 0.399 e. The van der Waals surface area contributed by atoms with Gasteiger partial charge in [-0.25, -0.2) is 0 Å². The Labute approximate surface area is 115 Å². The topological polar surface area (TPSA) is 55.6 Å². The van der Waals surface area contributed by atoms with E-state index in [1.807, 2.05) is 18.7 Å². The zero-order valence-corrected chi connectivity index (χ0v) is 12.1. The maximum Gasteiger partial charge on any atom is 0.255 e. The van der Waals surface area contributed by atoms with Gasteiger partial charge >= 0.3 is 0 Å². The summed E-state index contributed by atoms with van der Waals surface area (Å²) in [6, 6.07) is 5.28. The molecular weight excluding hydrogens is 296 g/mol. The van der Waals surface area contributed by atoms with E-state index in [2.05, 4.69) is 15.9 Å². The molecule has 0 aromatic heterocycles. The van der Waals surface area contributed by atoms with Crippen LogP contribution in [0.3, 0.4) is 0 Å². The molecule has 5 heteroatoms. The normalized spacial score (nSPS) is 24.1. The van der Waals surface area contributed by atoms with Crippen molar-refractivity contribution in [1.29, 1.82) is 0 Å². The lowest BCUT2D eigenvalue weighted by Gasteiger charge is -2.35. The molecule has 0 spiro atoms. The number of nitrogens with two attached hydrogens (primary N) is 1. The van der Waals surface area contributed by atoms with Crippen LogP contribution in [0.1, 0.15) is 24.2 Å². The van der Waals surface area contributed by atoms with Gasteiger partial charge in [0.15, 0.2) is 0 Å². The Bertz CT molecular complexity index is 454. The zero-order chi connectivity index (χ0) is 13.3. The second-order valence-corrected chi connectivity index (χ2v) is 5.56. The van der Waals surface area contributed by atoms with E-state index < -0.39 is 0 Å². The van der Waals surface area contributed by atoms with Crippen LogP contribution in [-0.2, 0) is 4.74 Å². The lowest BCUT2D eigenvalue weighted by Crippen LogP contribution is -2.48. The summed E-state index contributed by atoms with van der Waals surface area (Å²) in [5, 5.41) is 0. The lowest BCUT2D eigenvalue weighted by molar-refractivity contribution is -0.0586. The minimum absolute atomic E-state index is 0.00354. The maximum atomic E-state index is 12.4. The average molecular weight is 313 g/mol. The fraction of sp³-hybridized carbons (Fsp3) is 0.462. The zero-order valence-electron chi connectivity index (χ0n) is 10.5. The first-order chi connectivity index (χ1) is 8.47. The molecule has 4 nitrogen and oxygen atoms in total. The molecular formula is C13H17BrN2O2. The molecule has 0 unspecified atom stereocenters. The number of morpholine rings is 1. The summed E-state index contributed by atoms with van der Waals surface area (Å²) in [4.78, 5) is 14.3. The quantitative estimate of drug-likeness (QED) is 0.809. The molecule has 1 amide bonds. The summed E-state index contributed by atoms with van der Waals surface area (Å²) in [6.07, 6.45) is 0.134. The van der Waals surface area contributed by atoms with Gasteiger partial charge in [-0.2, -0.15) is 0 Å². The summed E-state index contributed by atoms with van der Waals surface area (Å²) < 4.78 is 6.40. The van der Waals surface area contributed by atoms with Gasteiger partial charge in [0.1, 0.15) is 0 Å². The van der Waals surface area contributed by atoms with E-state index in [9.17, 15) is 4.79 Å². The van der Waals surface area contributed by atoms with Crippen LogP contribution in [0.2, 0.25) is 0 Å². The maximum absolute atomic E-state index is 12.4. The Balaban J connectivity index is 2.22. The van der Waals surface area contributed by atoms with E-state index in [-0.39, 0.29) is 18.1 Å². The van der Waals surface area contributed by atoms with Crippen molar-refractivity contribution < 1.29 is 9.53 Å². The van der Waals surface area contributed by atoms with Crippen molar-refractivity contribution >= 4 is 27.5 Å². The second kappa shape index (κ2) is 5.28. The molecule has 0 radical (unpaired) electrons. The predicted octanol–water partition coefficient (Wildman–Crippen LogP) is 2.28. The molecule has 0 aliphatic carbocycles. The number of hydrogen-bond donors (Lipinski definition) is 1. The van der Waals surface area contributed by atoms with Gasteiger partial charge < -0.3 is 15.4 Å². The molecule has 98 valence electrons. The van der Waals surface area contributed by atoms with Crippen molar-refractivity contribution in [1.82, 2.24) is 4.90 Å². The molecule has 1 aromatic rings. The molecule has 18 heavy (non-hydrogen) atoms. The van der Waals surface area contributed by atoms with Crippen LogP contribution in [0.4, 0.5) is 5.69 Å². The van der Waals surface area contributed by atoms with Crippen molar-refractivity contribution in [2.75, 3.05) is 18.8 Å². The Kier molecular flexibility index (Phi) is 3.92. The number of ether oxygens (including phenoxy) is 1. The van der Waals surface area contributed by atoms with Crippen LogP contribution in [-0.4, -0.2) is 36.1 Å². The van der Waals surface area contributed by atoms with Crippen LogP contribution >= 0.6 is 15.9 Å². The Morgan fingerprint density at radius 2 is 2.00 bits per heavy atom. The van der Waals surface area contributed by atoms with Gasteiger partial charge in [-0.05, 0) is 48.0 Å². The number of halogens is 1. The molecule has 2 rings (SSSR count). The van der Waals surface area contributed by atoms with E-state index >= 15 is 0 Å². The lowest BCUT2D eigenvalue weighted by atomic mass is 10.1. The highest BCUT2D eigenvalue weighted by Gasteiger charge is 2.27. The Morgan fingerprint density at radius 3 is 2.61 bits per heavy atom. The van der Waals surface area contributed by atoms with Gasteiger partial charge in [0.25, 0.3) is 5.91 Å². The van der Waals surface area contributed by atoms with Crippen LogP contribution in [0.5, 0.6) is 0 Å². The number of hydrogen-bond acceptors (Lipinski definition) is 3. The number of nitrogen functional groups attached to an aromatic ring is 1. The molecule has 0 saturated carbocycles. The molecule has 1 fully saturated rings. The van der Waals surface area contributed by atoms with Gasteiger partial charge in [0, 0.05) is 23.2 Å². The number of benzene rings is 1. The summed E-state index contributed by atoms with van der Waals surface area (Å²) in [7, 11) is 0. The molecule has 1 saturated heterocycles. The number of carbonyl (C=O) groups excluding carboxylic acids is 1. The monoisotopic (exact) mass is 312 g/mol. The molecule has 1 aliphatic heterocycles. The molecule has 1 aromatic carbocycles. The van der Waals surface area contributed by atoms with E-state index in [1.165, 1.54) is 0 Å². The van der Waals surface area contributed by atoms with Crippen LogP contribution in [0.25, 0.3) is 0 Å². The summed E-state index contributed by atoms with van der Waals surface area (Å²) >= 11 is 3.39. The minimum atomic E-state index is -0.00354. The number of rotatable bonds is 1. The highest BCUT2D eigenvalue weighted by Crippen LogP contribution is 2.23. The first-order valence-electron chi connectivity index (χ1n) is 5.97. The fourth-order valence-corrected chi connectivity index (χ4v) is 2.64. The van der Waals surface area contributed by atoms with Gasteiger partial charge in [-0.3, -0.25) is 4.79 Å². The van der Waals surface area contributed by atoms with E-state index in [0.29, 0.717) is 24.3 Å². The van der Waals surface area contributed by atoms with Crippen LogP contribution in [0.15, 0.2) is 22.7 Å². The van der Waals surface area contributed by atoms with Crippen molar-refractivity contribution in [3.8, 4) is 0 Å². The third-order valence-corrected chi connectivity index (χ3v) is 3.62. The smallest absolute Gasteiger partial charge is 0.255 e. The molecule has 1 aliphatic rings. The van der Waals surface area contributed by atoms with Gasteiger partial charge in [-0.1, -0.05) is 0 Å². The van der Waals surface area contributed by atoms with Gasteiger partial charge in [0.2, 0.25) is 0 Å². The SMILES string of the molecule is C[C@@H]1CN(C(=O)c2cc(N)ccc2Br)C[C@H](C)O1. The first kappa shape index (κ1) is 13.4. The second-order valence-electron chi connectivity index (χ2n) is 4.71. The highest BCUT2D eigenvalue weighted by molar-refractivity contribution is 9.10. The van der Waals surface area contributed by atoms with Crippen molar-refractivity contribution in [3.63, 3.8) is 0 Å². The number of amides is 1. The summed E-state index contributed by atoms with van der Waals surface area (Å²) in [6.45, 7) is 5.18. The molecule has 2 atom stereocenters. The summed E-state index contributed by atoms with van der Waals surface area (Å²) in [5.41, 5.74) is 6.93. The Morgan fingerprint density at radius 1 is 1.39 bits per heavy atom. The van der Waals surface area contributed by atoms with Gasteiger partial charge in [0.05, 0.1) is 17.8 Å². The van der Waals surface area contributed by atoms with Crippen LogP contribution < -0.4 is 5.73 Å². The summed E-state index contributed by atoms with van der Waals surface area (Å²) in [5.74, 6) is -0.00354. The Hall–Kier alpha value is -1.07. The van der Waals surface area contributed by atoms with Crippen molar-refractivity contribution in [2.24, 2.45) is 0 Å². The van der Waals surface area contributed by atoms with E-state index in [0.717, 1.165) is 4.47 Å². The predicted molar refractivity (Wildman–Crippen MR) is 74.5 cm³/mol. The van der Waals surface area contributed by atoms with Crippen molar-refractivity contribution in [2.45, 2.75) is 26.1 Å². The fourth-order valence-electron chi connectivity index (χ4n) is 2.22. The van der Waals surface area contributed by atoms with Gasteiger partial charge in [-0.15, -0.1) is 0 Å². The minimum Gasteiger partial charge on any atom is -0.399 e. The number of carbonyl (C=O) groups is 1. The number of anilines is 1. The van der Waals surface area contributed by atoms with Crippen molar-refractivity contribution in [3.05, 3.63) is 28.2 Å². The average Bonchev–Trinajstić information content (AvgIpc) is 2.30. The third kappa shape index (κ3) is 2.84. The van der Waals surface area contributed by atoms with E-state index in [4.69, 9.17) is 10.5 Å². The first-order valence-corrected chi connectivity index (χ1v) is 6.76. The third-order valence-electron chi connectivity index (χ3n) is 2.93. The van der Waals surface area contributed by atoms with E-state index in [1.54, 1.807) is 18.2 Å².